The maximum absolute atomic E-state index is 12.3. The summed E-state index contributed by atoms with van der Waals surface area (Å²) in [5, 5.41) is 0. The van der Waals surface area contributed by atoms with Crippen molar-refractivity contribution in [1.29, 1.82) is 0 Å². The minimum Gasteiger partial charge on any atom is -0.337 e. The highest BCUT2D eigenvalue weighted by Gasteiger charge is 2.19. The second kappa shape index (κ2) is 8.27. The second-order valence-corrected chi connectivity index (χ2v) is 6.89. The summed E-state index contributed by atoms with van der Waals surface area (Å²) < 4.78 is 1.02. The zero-order valence-corrected chi connectivity index (χ0v) is 15.2. The Labute approximate surface area is 151 Å². The number of piperazine rings is 1. The Kier molecular flexibility index (Phi) is 5.83. The average molecular weight is 385 g/mol. The number of rotatable bonds is 4. The molecule has 0 N–H and O–H groups in total. The van der Waals surface area contributed by atoms with Gasteiger partial charge in [-0.05, 0) is 29.3 Å². The maximum Gasteiger partial charge on any atom is 0.246 e. The zero-order valence-electron chi connectivity index (χ0n) is 13.6. The van der Waals surface area contributed by atoms with Crippen LogP contribution in [0.4, 0.5) is 0 Å². The van der Waals surface area contributed by atoms with Gasteiger partial charge in [-0.15, -0.1) is 0 Å². The summed E-state index contributed by atoms with van der Waals surface area (Å²) in [7, 11) is 0. The first-order valence-electron chi connectivity index (χ1n) is 8.19. The number of halogens is 1. The molecule has 0 saturated carbocycles. The Morgan fingerprint density at radius 3 is 2.46 bits per heavy atom. The van der Waals surface area contributed by atoms with Gasteiger partial charge in [-0.1, -0.05) is 58.4 Å². The van der Waals surface area contributed by atoms with E-state index >= 15 is 0 Å². The van der Waals surface area contributed by atoms with Crippen LogP contribution in [-0.2, 0) is 11.3 Å². The number of hydrogen-bond donors (Lipinski definition) is 0. The standard InChI is InChI=1S/C20H21BrN2O/c21-19-8-4-7-17(15-19)9-10-20(24)23-13-11-22(12-14-23)16-18-5-2-1-3-6-18/h1-10,15H,11-14,16H2/b10-9+. The van der Waals surface area contributed by atoms with E-state index in [0.717, 1.165) is 42.8 Å². The van der Waals surface area contributed by atoms with E-state index in [1.165, 1.54) is 5.56 Å². The van der Waals surface area contributed by atoms with Crippen molar-refractivity contribution in [3.05, 3.63) is 76.3 Å². The Balaban J connectivity index is 1.50. The molecule has 3 nitrogen and oxygen atoms in total. The lowest BCUT2D eigenvalue weighted by atomic mass is 10.2. The number of carbonyl (C=O) groups is 1. The molecule has 0 unspecified atom stereocenters. The first-order chi connectivity index (χ1) is 11.7. The van der Waals surface area contributed by atoms with Crippen LogP contribution in [0, 0.1) is 0 Å². The van der Waals surface area contributed by atoms with Crippen LogP contribution < -0.4 is 0 Å². The molecule has 1 heterocycles. The zero-order chi connectivity index (χ0) is 16.8. The second-order valence-electron chi connectivity index (χ2n) is 5.98. The monoisotopic (exact) mass is 384 g/mol. The van der Waals surface area contributed by atoms with E-state index < -0.39 is 0 Å². The van der Waals surface area contributed by atoms with Crippen molar-refractivity contribution in [2.75, 3.05) is 26.2 Å². The summed E-state index contributed by atoms with van der Waals surface area (Å²) >= 11 is 3.44. The van der Waals surface area contributed by atoms with Crippen LogP contribution in [0.5, 0.6) is 0 Å². The van der Waals surface area contributed by atoms with Crippen LogP contribution in [0.15, 0.2) is 65.1 Å². The van der Waals surface area contributed by atoms with Crippen molar-refractivity contribution < 1.29 is 4.79 Å². The molecule has 3 rings (SSSR count). The predicted molar refractivity (Wildman–Crippen MR) is 101 cm³/mol. The molecule has 1 saturated heterocycles. The van der Waals surface area contributed by atoms with E-state index in [0.29, 0.717) is 0 Å². The summed E-state index contributed by atoms with van der Waals surface area (Å²) in [5.41, 5.74) is 2.35. The van der Waals surface area contributed by atoms with E-state index in [-0.39, 0.29) is 5.91 Å². The number of hydrogen-bond acceptors (Lipinski definition) is 2. The van der Waals surface area contributed by atoms with Crippen molar-refractivity contribution in [3.8, 4) is 0 Å². The molecule has 2 aromatic carbocycles. The molecule has 124 valence electrons. The van der Waals surface area contributed by atoms with Crippen molar-refractivity contribution in [1.82, 2.24) is 9.80 Å². The molecule has 4 heteroatoms. The van der Waals surface area contributed by atoms with Crippen molar-refractivity contribution in [2.45, 2.75) is 6.54 Å². The van der Waals surface area contributed by atoms with Crippen molar-refractivity contribution >= 4 is 27.9 Å². The van der Waals surface area contributed by atoms with Crippen molar-refractivity contribution in [3.63, 3.8) is 0 Å². The molecule has 2 aromatic rings. The highest BCUT2D eigenvalue weighted by atomic mass is 79.9. The smallest absolute Gasteiger partial charge is 0.246 e. The maximum atomic E-state index is 12.3. The fourth-order valence-electron chi connectivity index (χ4n) is 2.85. The fraction of sp³-hybridized carbons (Fsp3) is 0.250. The molecule has 24 heavy (non-hydrogen) atoms. The molecule has 1 fully saturated rings. The largest absolute Gasteiger partial charge is 0.337 e. The number of nitrogens with zero attached hydrogens (tertiary/aromatic N) is 2. The third kappa shape index (κ3) is 4.79. The van der Waals surface area contributed by atoms with Gasteiger partial charge in [0.1, 0.15) is 0 Å². The molecule has 1 aliphatic heterocycles. The fourth-order valence-corrected chi connectivity index (χ4v) is 3.27. The van der Waals surface area contributed by atoms with Gasteiger partial charge < -0.3 is 4.90 Å². The van der Waals surface area contributed by atoms with Crippen molar-refractivity contribution in [2.24, 2.45) is 0 Å². The summed E-state index contributed by atoms with van der Waals surface area (Å²) in [6.45, 7) is 4.37. The number of carbonyl (C=O) groups excluding carboxylic acids is 1. The first-order valence-corrected chi connectivity index (χ1v) is 8.99. The first kappa shape index (κ1) is 16.9. The number of benzene rings is 2. The normalized spacial score (nSPS) is 15.8. The third-order valence-corrected chi connectivity index (χ3v) is 4.69. The third-order valence-electron chi connectivity index (χ3n) is 4.20. The summed E-state index contributed by atoms with van der Waals surface area (Å²) in [6.07, 6.45) is 3.55. The minimum atomic E-state index is 0.0920. The lowest BCUT2D eigenvalue weighted by Crippen LogP contribution is -2.47. The lowest BCUT2D eigenvalue weighted by molar-refractivity contribution is -0.127. The van der Waals surface area contributed by atoms with Gasteiger partial charge in [0.05, 0.1) is 0 Å². The summed E-state index contributed by atoms with van der Waals surface area (Å²) in [6, 6.07) is 18.4. The number of amides is 1. The van der Waals surface area contributed by atoms with E-state index in [4.69, 9.17) is 0 Å². The molecule has 0 aromatic heterocycles. The van der Waals surface area contributed by atoms with Gasteiger partial charge in [-0.2, -0.15) is 0 Å². The van der Waals surface area contributed by atoms with Crippen LogP contribution in [0.2, 0.25) is 0 Å². The van der Waals surface area contributed by atoms with Gasteiger partial charge in [0.15, 0.2) is 0 Å². The Bertz CT molecular complexity index is 707. The molecular formula is C20H21BrN2O. The van der Waals surface area contributed by atoms with Gasteiger partial charge in [0.25, 0.3) is 0 Å². The van der Waals surface area contributed by atoms with Gasteiger partial charge in [-0.25, -0.2) is 0 Å². The molecular weight excluding hydrogens is 364 g/mol. The van der Waals surface area contributed by atoms with E-state index in [1.54, 1.807) is 6.08 Å². The predicted octanol–water partition coefficient (Wildman–Crippen LogP) is 3.81. The Morgan fingerprint density at radius 2 is 1.75 bits per heavy atom. The Hall–Kier alpha value is -1.91. The molecule has 1 amide bonds. The van der Waals surface area contributed by atoms with Crippen LogP contribution in [0.25, 0.3) is 6.08 Å². The SMILES string of the molecule is O=C(/C=C/c1cccc(Br)c1)N1CCN(Cc2ccccc2)CC1. The van der Waals surface area contributed by atoms with Gasteiger partial charge in [0, 0.05) is 43.3 Å². The molecule has 0 atom stereocenters. The quantitative estimate of drug-likeness (QED) is 0.748. The highest BCUT2D eigenvalue weighted by molar-refractivity contribution is 9.10. The van der Waals surface area contributed by atoms with Gasteiger partial charge >= 0.3 is 0 Å². The van der Waals surface area contributed by atoms with Crippen LogP contribution in [0.3, 0.4) is 0 Å². The Morgan fingerprint density at radius 1 is 1.00 bits per heavy atom. The van der Waals surface area contributed by atoms with E-state index in [1.807, 2.05) is 41.3 Å². The average Bonchev–Trinajstić information content (AvgIpc) is 2.61. The van der Waals surface area contributed by atoms with E-state index in [2.05, 4.69) is 45.1 Å². The molecule has 0 bridgehead atoms. The van der Waals surface area contributed by atoms with Gasteiger partial charge in [-0.3, -0.25) is 9.69 Å². The summed E-state index contributed by atoms with van der Waals surface area (Å²) in [5.74, 6) is 0.0920. The van der Waals surface area contributed by atoms with Gasteiger partial charge in [0.2, 0.25) is 5.91 Å². The lowest BCUT2D eigenvalue weighted by Gasteiger charge is -2.34. The molecule has 1 aliphatic rings. The molecule has 0 aliphatic carbocycles. The minimum absolute atomic E-state index is 0.0920. The molecule has 0 radical (unpaired) electrons. The van der Waals surface area contributed by atoms with Crippen LogP contribution in [0.1, 0.15) is 11.1 Å². The highest BCUT2D eigenvalue weighted by Crippen LogP contribution is 2.13. The topological polar surface area (TPSA) is 23.6 Å². The molecule has 0 spiro atoms. The van der Waals surface area contributed by atoms with Crippen LogP contribution in [-0.4, -0.2) is 41.9 Å². The van der Waals surface area contributed by atoms with E-state index in [9.17, 15) is 4.79 Å². The summed E-state index contributed by atoms with van der Waals surface area (Å²) in [4.78, 5) is 16.7. The van der Waals surface area contributed by atoms with Crippen LogP contribution >= 0.6 is 15.9 Å².